The summed E-state index contributed by atoms with van der Waals surface area (Å²) in [5, 5.41) is 1.21. The Labute approximate surface area is 179 Å². The van der Waals surface area contributed by atoms with Gasteiger partial charge in [-0.05, 0) is 70.4 Å². The molecule has 0 bridgehead atoms. The zero-order valence-electron chi connectivity index (χ0n) is 19.2. The van der Waals surface area contributed by atoms with Crippen LogP contribution < -0.4 is 4.74 Å². The molecule has 0 radical (unpaired) electrons. The van der Waals surface area contributed by atoms with Gasteiger partial charge in [-0.3, -0.25) is 4.79 Å². The number of para-hydroxylation sites is 1. The number of carbonyl (C=O) groups excluding carboxylic acids is 1. The number of carbonyl (C=O) groups is 1. The second kappa shape index (κ2) is 8.17. The summed E-state index contributed by atoms with van der Waals surface area (Å²) in [6, 6.07) is 16.6. The first-order valence-corrected chi connectivity index (χ1v) is 10.4. The zero-order chi connectivity index (χ0) is 22.1. The number of aryl methyl sites for hydroxylation is 1. The van der Waals surface area contributed by atoms with Gasteiger partial charge in [-0.25, -0.2) is 0 Å². The molecule has 0 aliphatic rings. The van der Waals surface area contributed by atoms with Crippen molar-refractivity contribution >= 4 is 16.9 Å². The summed E-state index contributed by atoms with van der Waals surface area (Å²) in [7, 11) is 3.73. The normalized spacial score (nSPS) is 13.3. The molecule has 4 heteroatoms. The first kappa shape index (κ1) is 21.9. The summed E-state index contributed by atoms with van der Waals surface area (Å²) in [4.78, 5) is 13.0. The van der Waals surface area contributed by atoms with Crippen molar-refractivity contribution in [2.45, 2.75) is 52.6 Å². The topological polar surface area (TPSA) is 40.5 Å². The number of benzene rings is 2. The van der Waals surface area contributed by atoms with Gasteiger partial charge in [0.15, 0.2) is 0 Å². The summed E-state index contributed by atoms with van der Waals surface area (Å²) >= 11 is 0. The van der Waals surface area contributed by atoms with E-state index >= 15 is 0 Å². The maximum Gasteiger partial charge on any atom is 0.312 e. The third kappa shape index (κ3) is 4.69. The SMILES string of the molecule is COc1ccc(C(CC(C)(C)C(=O)OC(C)(C)C)c2cn(C)c3ccccc23)cc1. The highest BCUT2D eigenvalue weighted by atomic mass is 16.6. The van der Waals surface area contributed by atoms with Gasteiger partial charge in [0.25, 0.3) is 0 Å². The lowest BCUT2D eigenvalue weighted by Crippen LogP contribution is -2.35. The molecule has 1 atom stereocenters. The fourth-order valence-corrected chi connectivity index (χ4v) is 3.90. The molecular weight excluding hydrogens is 374 g/mol. The highest BCUT2D eigenvalue weighted by Crippen LogP contribution is 2.41. The van der Waals surface area contributed by atoms with Crippen LogP contribution in [0.3, 0.4) is 0 Å². The summed E-state index contributed by atoms with van der Waals surface area (Å²) in [5.41, 5.74) is 2.40. The van der Waals surface area contributed by atoms with Crippen LogP contribution in [0, 0.1) is 5.41 Å². The molecule has 2 aromatic carbocycles. The first-order valence-electron chi connectivity index (χ1n) is 10.4. The largest absolute Gasteiger partial charge is 0.497 e. The Bertz CT molecular complexity index is 1020. The van der Waals surface area contributed by atoms with Crippen molar-refractivity contribution in [3.8, 4) is 5.75 Å². The van der Waals surface area contributed by atoms with E-state index in [9.17, 15) is 4.79 Å². The molecule has 1 heterocycles. The van der Waals surface area contributed by atoms with Gasteiger partial charge in [0.2, 0.25) is 0 Å². The van der Waals surface area contributed by atoms with Crippen molar-refractivity contribution in [1.82, 2.24) is 4.57 Å². The van der Waals surface area contributed by atoms with Crippen molar-refractivity contribution in [3.63, 3.8) is 0 Å². The molecule has 3 rings (SSSR count). The van der Waals surface area contributed by atoms with Crippen molar-refractivity contribution < 1.29 is 14.3 Å². The first-order chi connectivity index (χ1) is 14.0. The molecule has 1 aromatic heterocycles. The number of rotatable bonds is 6. The van der Waals surface area contributed by atoms with E-state index in [4.69, 9.17) is 9.47 Å². The third-order valence-electron chi connectivity index (χ3n) is 5.49. The highest BCUT2D eigenvalue weighted by Gasteiger charge is 2.36. The van der Waals surface area contributed by atoms with E-state index in [1.807, 2.05) is 46.8 Å². The number of fused-ring (bicyclic) bond motifs is 1. The standard InChI is InChI=1S/C26H33NO3/c1-25(2,3)30-24(28)26(4,5)16-21(18-12-14-19(29-7)15-13-18)22-17-27(6)23-11-9-8-10-20(22)23/h8-15,17,21H,16H2,1-7H3. The van der Waals surface area contributed by atoms with Crippen molar-refractivity contribution in [1.29, 1.82) is 0 Å². The van der Waals surface area contributed by atoms with Gasteiger partial charge in [0.05, 0.1) is 12.5 Å². The smallest absolute Gasteiger partial charge is 0.312 e. The lowest BCUT2D eigenvalue weighted by Gasteiger charge is -2.31. The Morgan fingerprint density at radius 3 is 2.23 bits per heavy atom. The van der Waals surface area contributed by atoms with Crippen LogP contribution in [-0.2, 0) is 16.6 Å². The van der Waals surface area contributed by atoms with Crippen LogP contribution >= 0.6 is 0 Å². The van der Waals surface area contributed by atoms with E-state index in [2.05, 4.69) is 54.2 Å². The number of hydrogen-bond acceptors (Lipinski definition) is 3. The minimum atomic E-state index is -0.644. The van der Waals surface area contributed by atoms with Crippen molar-refractivity contribution in [3.05, 3.63) is 65.9 Å². The summed E-state index contributed by atoms with van der Waals surface area (Å²) in [5.74, 6) is 0.695. The summed E-state index contributed by atoms with van der Waals surface area (Å²) in [6.45, 7) is 9.68. The molecule has 0 N–H and O–H groups in total. The van der Waals surface area contributed by atoms with Crippen LogP contribution in [0.1, 0.15) is 58.1 Å². The third-order valence-corrected chi connectivity index (χ3v) is 5.49. The van der Waals surface area contributed by atoms with Crippen LogP contribution in [0.2, 0.25) is 0 Å². The van der Waals surface area contributed by atoms with Gasteiger partial charge in [-0.1, -0.05) is 30.3 Å². The molecule has 1 unspecified atom stereocenters. The van der Waals surface area contributed by atoms with E-state index in [-0.39, 0.29) is 11.9 Å². The molecule has 0 aliphatic carbocycles. The van der Waals surface area contributed by atoms with Gasteiger partial charge in [0, 0.05) is 30.1 Å². The number of nitrogens with zero attached hydrogens (tertiary/aromatic N) is 1. The van der Waals surface area contributed by atoms with Crippen LogP contribution in [-0.4, -0.2) is 23.2 Å². The van der Waals surface area contributed by atoms with Gasteiger partial charge in [0.1, 0.15) is 11.4 Å². The Kier molecular flexibility index (Phi) is 5.98. The van der Waals surface area contributed by atoms with E-state index in [0.717, 1.165) is 11.3 Å². The predicted molar refractivity (Wildman–Crippen MR) is 122 cm³/mol. The zero-order valence-corrected chi connectivity index (χ0v) is 19.2. The number of esters is 1. The van der Waals surface area contributed by atoms with E-state index in [0.29, 0.717) is 6.42 Å². The maximum atomic E-state index is 13.0. The Morgan fingerprint density at radius 1 is 1.00 bits per heavy atom. The Balaban J connectivity index is 2.06. The van der Waals surface area contributed by atoms with Gasteiger partial charge in [-0.15, -0.1) is 0 Å². The number of aromatic nitrogens is 1. The summed E-state index contributed by atoms with van der Waals surface area (Å²) < 4.78 is 13.2. The second-order valence-corrected chi connectivity index (χ2v) is 9.63. The molecule has 3 aromatic rings. The molecule has 30 heavy (non-hydrogen) atoms. The van der Waals surface area contributed by atoms with Crippen molar-refractivity contribution in [2.24, 2.45) is 12.5 Å². The summed E-state index contributed by atoms with van der Waals surface area (Å²) in [6.07, 6.45) is 2.83. The minimum Gasteiger partial charge on any atom is -0.497 e. The monoisotopic (exact) mass is 407 g/mol. The Hall–Kier alpha value is -2.75. The lowest BCUT2D eigenvalue weighted by atomic mass is 9.76. The molecule has 0 saturated heterocycles. The molecule has 0 aliphatic heterocycles. The predicted octanol–water partition coefficient (Wildman–Crippen LogP) is 6.08. The molecule has 0 saturated carbocycles. The fraction of sp³-hybridized carbons (Fsp3) is 0.423. The van der Waals surface area contributed by atoms with Crippen LogP contribution in [0.4, 0.5) is 0 Å². The highest BCUT2D eigenvalue weighted by molar-refractivity contribution is 5.85. The fourth-order valence-electron chi connectivity index (χ4n) is 3.90. The van der Waals surface area contributed by atoms with Crippen LogP contribution in [0.15, 0.2) is 54.7 Å². The molecule has 0 amide bonds. The molecule has 0 fully saturated rings. The van der Waals surface area contributed by atoms with Gasteiger partial charge >= 0.3 is 5.97 Å². The molecule has 4 nitrogen and oxygen atoms in total. The minimum absolute atomic E-state index is 0.0459. The van der Waals surface area contributed by atoms with E-state index < -0.39 is 11.0 Å². The van der Waals surface area contributed by atoms with E-state index in [1.165, 1.54) is 16.5 Å². The molecule has 160 valence electrons. The average molecular weight is 408 g/mol. The second-order valence-electron chi connectivity index (χ2n) is 9.63. The number of methoxy groups -OCH3 is 1. The van der Waals surface area contributed by atoms with Gasteiger partial charge < -0.3 is 14.0 Å². The van der Waals surface area contributed by atoms with Crippen LogP contribution in [0.5, 0.6) is 5.75 Å². The Morgan fingerprint density at radius 2 is 1.63 bits per heavy atom. The van der Waals surface area contributed by atoms with E-state index in [1.54, 1.807) is 7.11 Å². The quantitative estimate of drug-likeness (QED) is 0.465. The lowest BCUT2D eigenvalue weighted by molar-refractivity contribution is -0.166. The van der Waals surface area contributed by atoms with Gasteiger partial charge in [-0.2, -0.15) is 0 Å². The average Bonchev–Trinajstić information content (AvgIpc) is 3.02. The van der Waals surface area contributed by atoms with Crippen LogP contribution in [0.25, 0.3) is 10.9 Å². The number of hydrogen-bond donors (Lipinski definition) is 0. The number of ether oxygens (including phenoxy) is 2. The van der Waals surface area contributed by atoms with Crippen molar-refractivity contribution in [2.75, 3.05) is 7.11 Å². The molecular formula is C26H33NO3. The molecule has 0 spiro atoms. The maximum absolute atomic E-state index is 13.0.